The lowest BCUT2D eigenvalue weighted by molar-refractivity contribution is 0.265. The molecule has 1 aliphatic carbocycles. The van der Waals surface area contributed by atoms with Crippen LogP contribution in [0.3, 0.4) is 0 Å². The normalized spacial score (nSPS) is 19.0. The molecule has 0 bridgehead atoms. The first-order valence-corrected chi connectivity index (χ1v) is 7.82. The van der Waals surface area contributed by atoms with Crippen molar-refractivity contribution in [1.82, 2.24) is 25.0 Å². The molecule has 0 atom stereocenters. The van der Waals surface area contributed by atoms with Crippen molar-refractivity contribution in [2.24, 2.45) is 0 Å². The molecular formula is C15H19N5O2. The van der Waals surface area contributed by atoms with E-state index in [0.717, 1.165) is 55.3 Å². The summed E-state index contributed by atoms with van der Waals surface area (Å²) in [4.78, 5) is 26.0. The van der Waals surface area contributed by atoms with E-state index in [2.05, 4.69) is 25.0 Å². The van der Waals surface area contributed by atoms with Crippen molar-refractivity contribution in [2.75, 3.05) is 13.1 Å². The highest BCUT2D eigenvalue weighted by molar-refractivity contribution is 5.20. The summed E-state index contributed by atoms with van der Waals surface area (Å²) in [6.07, 6.45) is 3.82. The fourth-order valence-corrected chi connectivity index (χ4v) is 2.96. The number of fused-ring (bicyclic) bond motifs is 1. The second-order valence-corrected chi connectivity index (χ2v) is 6.18. The summed E-state index contributed by atoms with van der Waals surface area (Å²) in [6, 6.07) is 0. The van der Waals surface area contributed by atoms with Crippen molar-refractivity contribution in [3.63, 3.8) is 0 Å². The molecule has 0 unspecified atom stereocenters. The van der Waals surface area contributed by atoms with E-state index < -0.39 is 0 Å². The lowest BCUT2D eigenvalue weighted by atomic mass is 10.1. The molecule has 4 rings (SSSR count). The highest BCUT2D eigenvalue weighted by Gasteiger charge is 2.30. The standard InChI is InChI=1S/C15H19N5O2/c1-9-16-12-5-7-20(6-4-11(12)14(21)17-9)8-13-18-15(22-19-13)10-2-3-10/h10H,2-8H2,1H3,(H,16,17,21). The molecule has 0 amide bonds. The third kappa shape index (κ3) is 2.68. The number of H-pyrrole nitrogens is 1. The van der Waals surface area contributed by atoms with Gasteiger partial charge in [0.2, 0.25) is 5.89 Å². The zero-order chi connectivity index (χ0) is 15.1. The fourth-order valence-electron chi connectivity index (χ4n) is 2.96. The van der Waals surface area contributed by atoms with Gasteiger partial charge in [0.15, 0.2) is 5.82 Å². The van der Waals surface area contributed by atoms with E-state index in [1.807, 2.05) is 6.92 Å². The van der Waals surface area contributed by atoms with Crippen molar-refractivity contribution < 1.29 is 4.52 Å². The Morgan fingerprint density at radius 3 is 2.91 bits per heavy atom. The predicted molar refractivity (Wildman–Crippen MR) is 78.6 cm³/mol. The average molecular weight is 301 g/mol. The molecule has 0 radical (unpaired) electrons. The van der Waals surface area contributed by atoms with Crippen LogP contribution in [-0.2, 0) is 19.4 Å². The highest BCUT2D eigenvalue weighted by atomic mass is 16.5. The molecule has 1 saturated carbocycles. The Labute approximate surface area is 127 Å². The Kier molecular flexibility index (Phi) is 3.29. The summed E-state index contributed by atoms with van der Waals surface area (Å²) < 4.78 is 5.30. The Balaban J connectivity index is 1.47. The van der Waals surface area contributed by atoms with Crippen molar-refractivity contribution in [3.8, 4) is 0 Å². The van der Waals surface area contributed by atoms with E-state index in [4.69, 9.17) is 4.52 Å². The second-order valence-electron chi connectivity index (χ2n) is 6.18. The van der Waals surface area contributed by atoms with Gasteiger partial charge in [0.25, 0.3) is 5.56 Å². The molecule has 22 heavy (non-hydrogen) atoms. The molecule has 0 aromatic carbocycles. The van der Waals surface area contributed by atoms with Crippen molar-refractivity contribution >= 4 is 0 Å². The molecule has 0 saturated heterocycles. The van der Waals surface area contributed by atoms with Gasteiger partial charge in [-0.05, 0) is 26.2 Å². The van der Waals surface area contributed by atoms with E-state index in [9.17, 15) is 4.79 Å². The first-order chi connectivity index (χ1) is 10.7. The van der Waals surface area contributed by atoms with Crippen LogP contribution in [0.2, 0.25) is 0 Å². The first-order valence-electron chi connectivity index (χ1n) is 7.82. The number of aromatic amines is 1. The Hall–Kier alpha value is -2.02. The molecule has 7 nitrogen and oxygen atoms in total. The van der Waals surface area contributed by atoms with E-state index in [1.54, 1.807) is 0 Å². The van der Waals surface area contributed by atoms with Crippen LogP contribution in [0.25, 0.3) is 0 Å². The third-order valence-electron chi connectivity index (χ3n) is 4.34. The minimum atomic E-state index is -0.0000641. The van der Waals surface area contributed by atoms with Gasteiger partial charge in [0, 0.05) is 31.0 Å². The summed E-state index contributed by atoms with van der Waals surface area (Å²) >= 11 is 0. The number of nitrogens with zero attached hydrogens (tertiary/aromatic N) is 4. The maximum Gasteiger partial charge on any atom is 0.254 e. The zero-order valence-corrected chi connectivity index (χ0v) is 12.6. The maximum atomic E-state index is 12.0. The SMILES string of the molecule is Cc1nc2c(c(=O)[nH]1)CCN(Cc1noc(C3CC3)n1)CC2. The smallest absolute Gasteiger partial charge is 0.254 e. The van der Waals surface area contributed by atoms with Crippen LogP contribution in [0.1, 0.15) is 47.6 Å². The summed E-state index contributed by atoms with van der Waals surface area (Å²) in [5.74, 6) is 2.69. The van der Waals surface area contributed by atoms with Gasteiger partial charge in [0.1, 0.15) is 5.82 Å². The summed E-state index contributed by atoms with van der Waals surface area (Å²) in [7, 11) is 0. The summed E-state index contributed by atoms with van der Waals surface area (Å²) in [6.45, 7) is 4.16. The topological polar surface area (TPSA) is 87.9 Å². The predicted octanol–water partition coefficient (Wildman–Crippen LogP) is 0.940. The van der Waals surface area contributed by atoms with Gasteiger partial charge in [-0.25, -0.2) is 4.98 Å². The van der Waals surface area contributed by atoms with Gasteiger partial charge in [-0.2, -0.15) is 4.98 Å². The Morgan fingerprint density at radius 1 is 1.27 bits per heavy atom. The number of nitrogens with one attached hydrogen (secondary N) is 1. The zero-order valence-electron chi connectivity index (χ0n) is 12.6. The van der Waals surface area contributed by atoms with Crippen LogP contribution in [0, 0.1) is 6.92 Å². The molecule has 0 spiro atoms. The Bertz CT molecular complexity index is 747. The lowest BCUT2D eigenvalue weighted by Gasteiger charge is -2.16. The van der Waals surface area contributed by atoms with Gasteiger partial charge in [-0.1, -0.05) is 5.16 Å². The quantitative estimate of drug-likeness (QED) is 0.907. The molecule has 2 aromatic rings. The van der Waals surface area contributed by atoms with Crippen LogP contribution in [0.4, 0.5) is 0 Å². The number of hydrogen-bond acceptors (Lipinski definition) is 6. The average Bonchev–Trinajstić information content (AvgIpc) is 3.25. The number of aromatic nitrogens is 4. The number of aryl methyl sites for hydroxylation is 1. The van der Waals surface area contributed by atoms with E-state index >= 15 is 0 Å². The van der Waals surface area contributed by atoms with E-state index in [0.29, 0.717) is 24.7 Å². The van der Waals surface area contributed by atoms with Gasteiger partial charge in [-0.15, -0.1) is 0 Å². The number of hydrogen-bond donors (Lipinski definition) is 1. The van der Waals surface area contributed by atoms with Crippen LogP contribution in [0.5, 0.6) is 0 Å². The van der Waals surface area contributed by atoms with Crippen LogP contribution in [-0.4, -0.2) is 38.1 Å². The van der Waals surface area contributed by atoms with Gasteiger partial charge in [-0.3, -0.25) is 9.69 Å². The highest BCUT2D eigenvalue weighted by Crippen LogP contribution is 2.38. The molecule has 7 heteroatoms. The van der Waals surface area contributed by atoms with Crippen molar-refractivity contribution in [2.45, 2.75) is 45.1 Å². The fraction of sp³-hybridized carbons (Fsp3) is 0.600. The minimum absolute atomic E-state index is 0.0000641. The largest absolute Gasteiger partial charge is 0.339 e. The van der Waals surface area contributed by atoms with E-state index in [1.165, 1.54) is 0 Å². The molecular weight excluding hydrogens is 282 g/mol. The number of rotatable bonds is 3. The third-order valence-corrected chi connectivity index (χ3v) is 4.34. The maximum absolute atomic E-state index is 12.0. The molecule has 1 fully saturated rings. The molecule has 116 valence electrons. The minimum Gasteiger partial charge on any atom is -0.339 e. The molecule has 1 aliphatic heterocycles. The van der Waals surface area contributed by atoms with Crippen molar-refractivity contribution in [3.05, 3.63) is 39.2 Å². The van der Waals surface area contributed by atoms with E-state index in [-0.39, 0.29) is 5.56 Å². The molecule has 3 heterocycles. The molecule has 2 aromatic heterocycles. The van der Waals surface area contributed by atoms with Crippen LogP contribution < -0.4 is 5.56 Å². The van der Waals surface area contributed by atoms with Gasteiger partial charge < -0.3 is 9.51 Å². The lowest BCUT2D eigenvalue weighted by Crippen LogP contribution is -2.26. The van der Waals surface area contributed by atoms with Gasteiger partial charge >= 0.3 is 0 Å². The molecule has 1 N–H and O–H groups in total. The monoisotopic (exact) mass is 301 g/mol. The Morgan fingerprint density at radius 2 is 2.09 bits per heavy atom. The van der Waals surface area contributed by atoms with Crippen LogP contribution >= 0.6 is 0 Å². The first kappa shape index (κ1) is 13.6. The van der Waals surface area contributed by atoms with Crippen LogP contribution in [0.15, 0.2) is 9.32 Å². The van der Waals surface area contributed by atoms with Gasteiger partial charge in [0.05, 0.1) is 12.2 Å². The summed E-state index contributed by atoms with van der Waals surface area (Å²) in [5, 5.41) is 4.07. The van der Waals surface area contributed by atoms with Crippen molar-refractivity contribution in [1.29, 1.82) is 0 Å². The molecule has 2 aliphatic rings. The second kappa shape index (κ2) is 5.31. The summed E-state index contributed by atoms with van der Waals surface area (Å²) in [5.41, 5.74) is 1.75.